The van der Waals surface area contributed by atoms with Gasteiger partial charge in [0.05, 0.1) is 10.9 Å². The van der Waals surface area contributed by atoms with Gasteiger partial charge in [-0.2, -0.15) is 23.3 Å². The number of aliphatic carboxylic acids is 1. The van der Waals surface area contributed by atoms with E-state index in [9.17, 15) is 27.5 Å². The van der Waals surface area contributed by atoms with Gasteiger partial charge in [-0.1, -0.05) is 35.9 Å². The van der Waals surface area contributed by atoms with Crippen LogP contribution in [-0.2, 0) is 11.0 Å². The molecule has 0 bridgehead atoms. The van der Waals surface area contributed by atoms with Crippen LogP contribution in [0, 0.1) is 11.7 Å². The number of aromatic nitrogens is 4. The normalized spacial score (nSPS) is 17.1. The molecular formula is C24H16ClF4N5O2. The zero-order chi connectivity index (χ0) is 25.6. The molecule has 0 amide bonds. The molecule has 2 aromatic heterocycles. The van der Waals surface area contributed by atoms with Crippen LogP contribution >= 0.6 is 11.6 Å². The Kier molecular flexibility index (Phi) is 5.87. The number of carbonyl (C=O) groups is 1. The lowest BCUT2D eigenvalue weighted by Gasteiger charge is -2.13. The van der Waals surface area contributed by atoms with Crippen LogP contribution in [0.2, 0.25) is 5.02 Å². The third kappa shape index (κ3) is 4.74. The number of nitrogens with zero attached hydrogens (tertiary/aromatic N) is 4. The molecule has 184 valence electrons. The number of benzene rings is 2. The number of nitrogens with one attached hydrogen (secondary N) is 1. The number of halogens is 5. The summed E-state index contributed by atoms with van der Waals surface area (Å²) in [7, 11) is 0. The Bertz CT molecular complexity index is 1470. The first kappa shape index (κ1) is 23.7. The van der Waals surface area contributed by atoms with Gasteiger partial charge in [-0.05, 0) is 47.7 Å². The quantitative estimate of drug-likeness (QED) is 0.301. The van der Waals surface area contributed by atoms with Gasteiger partial charge in [0.25, 0.3) is 0 Å². The highest BCUT2D eigenvalue weighted by Crippen LogP contribution is 2.48. The largest absolute Gasteiger partial charge is 0.481 e. The van der Waals surface area contributed by atoms with Crippen molar-refractivity contribution in [1.82, 2.24) is 19.7 Å². The highest BCUT2D eigenvalue weighted by atomic mass is 35.5. The number of carboxylic acids is 1. The van der Waals surface area contributed by atoms with E-state index in [1.165, 1.54) is 18.3 Å². The maximum atomic E-state index is 13.5. The molecule has 2 heterocycles. The van der Waals surface area contributed by atoms with Gasteiger partial charge in [0.15, 0.2) is 11.5 Å². The fraction of sp³-hybridized carbons (Fsp3) is 0.167. The highest BCUT2D eigenvalue weighted by molar-refractivity contribution is 6.31. The topological polar surface area (TPSA) is 92.9 Å². The molecular weight excluding hydrogens is 502 g/mol. The maximum absolute atomic E-state index is 13.5. The molecule has 0 aliphatic heterocycles. The minimum absolute atomic E-state index is 0.0183. The number of hydrogen-bond donors (Lipinski definition) is 2. The molecule has 2 aromatic carbocycles. The maximum Gasteiger partial charge on any atom is 0.435 e. The first-order valence-corrected chi connectivity index (χ1v) is 11.0. The summed E-state index contributed by atoms with van der Waals surface area (Å²) in [4.78, 5) is 19.9. The second-order valence-electron chi connectivity index (χ2n) is 8.24. The first-order chi connectivity index (χ1) is 17.1. The Balaban J connectivity index is 1.56. The minimum atomic E-state index is -4.65. The molecule has 2 unspecified atom stereocenters. The SMILES string of the molecule is O=C(O)C1CC1c1cccc(-c2cnc(Nc3ccc(F)c(Cl)c3)nc2-n2ccc(C(F)(F)F)n2)c1. The molecule has 0 saturated heterocycles. The zero-order valence-electron chi connectivity index (χ0n) is 18.2. The molecule has 0 spiro atoms. The fourth-order valence-electron chi connectivity index (χ4n) is 3.88. The lowest BCUT2D eigenvalue weighted by molar-refractivity contribution is -0.141. The molecule has 12 heteroatoms. The van der Waals surface area contributed by atoms with Crippen LogP contribution in [0.15, 0.2) is 60.9 Å². The van der Waals surface area contributed by atoms with E-state index in [2.05, 4.69) is 20.4 Å². The van der Waals surface area contributed by atoms with Crippen molar-refractivity contribution >= 4 is 29.2 Å². The van der Waals surface area contributed by atoms with Crippen LogP contribution in [0.1, 0.15) is 23.6 Å². The molecule has 0 radical (unpaired) electrons. The summed E-state index contributed by atoms with van der Waals surface area (Å²) in [6.45, 7) is 0. The molecule has 5 rings (SSSR count). The van der Waals surface area contributed by atoms with Gasteiger partial charge in [-0.3, -0.25) is 4.79 Å². The van der Waals surface area contributed by atoms with Crippen LogP contribution in [-0.4, -0.2) is 30.8 Å². The molecule has 1 saturated carbocycles. The summed E-state index contributed by atoms with van der Waals surface area (Å²) in [6.07, 6.45) is -1.58. The predicted molar refractivity (Wildman–Crippen MR) is 123 cm³/mol. The number of alkyl halides is 3. The van der Waals surface area contributed by atoms with Gasteiger partial charge < -0.3 is 10.4 Å². The number of carboxylic acid groups (broad SMARTS) is 1. The average molecular weight is 518 g/mol. The summed E-state index contributed by atoms with van der Waals surface area (Å²) >= 11 is 5.82. The monoisotopic (exact) mass is 517 g/mol. The van der Waals surface area contributed by atoms with Gasteiger partial charge in [-0.15, -0.1) is 0 Å². The number of hydrogen-bond acceptors (Lipinski definition) is 5. The third-order valence-corrected chi connectivity index (χ3v) is 6.06. The number of anilines is 2. The van der Waals surface area contributed by atoms with E-state index >= 15 is 0 Å². The van der Waals surface area contributed by atoms with Gasteiger partial charge in [-0.25, -0.2) is 14.1 Å². The first-order valence-electron chi connectivity index (χ1n) is 10.7. The van der Waals surface area contributed by atoms with Crippen LogP contribution in [0.5, 0.6) is 0 Å². The van der Waals surface area contributed by atoms with E-state index in [0.29, 0.717) is 23.2 Å². The highest BCUT2D eigenvalue weighted by Gasteiger charge is 2.44. The molecule has 2 N–H and O–H groups in total. The van der Waals surface area contributed by atoms with Gasteiger partial charge >= 0.3 is 12.1 Å². The van der Waals surface area contributed by atoms with Crippen molar-refractivity contribution in [3.63, 3.8) is 0 Å². The Morgan fingerprint density at radius 2 is 1.97 bits per heavy atom. The van der Waals surface area contributed by atoms with Crippen LogP contribution < -0.4 is 5.32 Å². The molecule has 1 fully saturated rings. The zero-order valence-corrected chi connectivity index (χ0v) is 18.9. The minimum Gasteiger partial charge on any atom is -0.481 e. The van der Waals surface area contributed by atoms with Gasteiger partial charge in [0.1, 0.15) is 5.82 Å². The predicted octanol–water partition coefficient (Wildman–Crippen LogP) is 6.07. The summed E-state index contributed by atoms with van der Waals surface area (Å²) in [5.74, 6) is -2.02. The van der Waals surface area contributed by atoms with E-state index in [0.717, 1.165) is 28.6 Å². The van der Waals surface area contributed by atoms with E-state index in [1.54, 1.807) is 18.2 Å². The van der Waals surface area contributed by atoms with Crippen LogP contribution in [0.4, 0.5) is 29.2 Å². The van der Waals surface area contributed by atoms with Crippen LogP contribution in [0.3, 0.4) is 0 Å². The lowest BCUT2D eigenvalue weighted by atomic mass is 10.0. The van der Waals surface area contributed by atoms with Crippen molar-refractivity contribution in [3.05, 3.63) is 83.0 Å². The van der Waals surface area contributed by atoms with E-state index in [1.807, 2.05) is 6.07 Å². The summed E-state index contributed by atoms with van der Waals surface area (Å²) in [5, 5.41) is 15.6. The second kappa shape index (κ2) is 8.90. The van der Waals surface area contributed by atoms with Gasteiger partial charge in [0.2, 0.25) is 5.95 Å². The van der Waals surface area contributed by atoms with E-state index in [4.69, 9.17) is 11.6 Å². The second-order valence-corrected chi connectivity index (χ2v) is 8.65. The third-order valence-electron chi connectivity index (χ3n) is 5.77. The summed E-state index contributed by atoms with van der Waals surface area (Å²) in [6, 6.07) is 11.8. The molecule has 1 aliphatic rings. The smallest absolute Gasteiger partial charge is 0.435 e. The Hall–Kier alpha value is -3.99. The summed E-state index contributed by atoms with van der Waals surface area (Å²) < 4.78 is 54.1. The van der Waals surface area contributed by atoms with Crippen molar-refractivity contribution in [3.8, 4) is 16.9 Å². The van der Waals surface area contributed by atoms with Crippen LogP contribution in [0.25, 0.3) is 16.9 Å². The molecule has 7 nitrogen and oxygen atoms in total. The van der Waals surface area contributed by atoms with Crippen molar-refractivity contribution in [2.45, 2.75) is 18.5 Å². The molecule has 1 aliphatic carbocycles. The van der Waals surface area contributed by atoms with E-state index in [-0.39, 0.29) is 22.7 Å². The lowest BCUT2D eigenvalue weighted by Crippen LogP contribution is -2.10. The van der Waals surface area contributed by atoms with Gasteiger partial charge in [0, 0.05) is 23.6 Å². The van der Waals surface area contributed by atoms with Crippen molar-refractivity contribution in [2.75, 3.05) is 5.32 Å². The average Bonchev–Trinajstić information content (AvgIpc) is 3.49. The Morgan fingerprint density at radius 3 is 2.64 bits per heavy atom. The molecule has 36 heavy (non-hydrogen) atoms. The van der Waals surface area contributed by atoms with Crippen molar-refractivity contribution in [1.29, 1.82) is 0 Å². The summed E-state index contributed by atoms with van der Waals surface area (Å²) in [5.41, 5.74) is 1.03. The molecule has 2 atom stereocenters. The standard InChI is InChI=1S/C24H16ClF4N5O2/c25-18-9-14(4-5-19(18)26)31-23-30-11-17(21(32-23)34-7-6-20(33-34)24(27,28)29)13-3-1-2-12(8-13)15-10-16(15)22(35)36/h1-9,11,15-16H,10H2,(H,35,36)(H,30,31,32). The Morgan fingerprint density at radius 1 is 1.17 bits per heavy atom. The number of rotatable bonds is 6. The van der Waals surface area contributed by atoms with E-state index < -0.39 is 29.6 Å². The molecule has 4 aromatic rings. The Labute approximate surface area is 206 Å². The van der Waals surface area contributed by atoms with Crippen molar-refractivity contribution in [2.24, 2.45) is 5.92 Å². The van der Waals surface area contributed by atoms with Crippen molar-refractivity contribution < 1.29 is 27.5 Å². The fourth-order valence-corrected chi connectivity index (χ4v) is 4.06.